The van der Waals surface area contributed by atoms with Crippen molar-refractivity contribution in [2.45, 2.75) is 12.5 Å². The average Bonchev–Trinajstić information content (AvgIpc) is 2.83. The SMILES string of the molecule is c1ccc(C2=Nc3ccccc3CC(c3ccccc3)O2)cc1. The molecule has 1 atom stereocenters. The number of para-hydroxylation sites is 1. The van der Waals surface area contributed by atoms with E-state index in [1.54, 1.807) is 0 Å². The van der Waals surface area contributed by atoms with Crippen LogP contribution in [0.2, 0.25) is 0 Å². The van der Waals surface area contributed by atoms with Crippen molar-refractivity contribution in [1.29, 1.82) is 0 Å². The van der Waals surface area contributed by atoms with E-state index in [-0.39, 0.29) is 6.10 Å². The molecule has 0 saturated carbocycles. The van der Waals surface area contributed by atoms with Gasteiger partial charge in [0.15, 0.2) is 0 Å². The van der Waals surface area contributed by atoms with Crippen molar-refractivity contribution in [3.05, 3.63) is 102 Å². The van der Waals surface area contributed by atoms with E-state index in [0.29, 0.717) is 5.90 Å². The fraction of sp³-hybridized carbons (Fsp3) is 0.0952. The zero-order valence-electron chi connectivity index (χ0n) is 12.7. The molecule has 1 aliphatic rings. The number of nitrogens with zero attached hydrogens (tertiary/aromatic N) is 1. The lowest BCUT2D eigenvalue weighted by atomic mass is 10.0. The highest BCUT2D eigenvalue weighted by molar-refractivity contribution is 5.96. The number of fused-ring (bicyclic) bond motifs is 1. The van der Waals surface area contributed by atoms with Gasteiger partial charge in [0.25, 0.3) is 0 Å². The predicted octanol–water partition coefficient (Wildman–Crippen LogP) is 5.08. The van der Waals surface area contributed by atoms with Gasteiger partial charge >= 0.3 is 0 Å². The molecule has 0 saturated heterocycles. The third-order valence-corrected chi connectivity index (χ3v) is 4.06. The lowest BCUT2D eigenvalue weighted by molar-refractivity contribution is 0.196. The molecule has 0 radical (unpaired) electrons. The molecule has 4 rings (SSSR count). The first-order chi connectivity index (χ1) is 11.4. The third-order valence-electron chi connectivity index (χ3n) is 4.06. The normalized spacial score (nSPS) is 16.7. The molecule has 1 unspecified atom stereocenters. The molecular formula is C21H17NO. The number of hydrogen-bond donors (Lipinski definition) is 0. The van der Waals surface area contributed by atoms with E-state index in [1.165, 1.54) is 11.1 Å². The molecule has 0 bridgehead atoms. The molecule has 2 heteroatoms. The van der Waals surface area contributed by atoms with Crippen molar-refractivity contribution in [2.24, 2.45) is 4.99 Å². The van der Waals surface area contributed by atoms with Gasteiger partial charge in [0.2, 0.25) is 5.90 Å². The Morgan fingerprint density at radius 1 is 0.739 bits per heavy atom. The summed E-state index contributed by atoms with van der Waals surface area (Å²) < 4.78 is 6.32. The maximum Gasteiger partial charge on any atom is 0.221 e. The number of aliphatic imine (C=N–C) groups is 1. The van der Waals surface area contributed by atoms with Gasteiger partial charge in [0, 0.05) is 12.0 Å². The summed E-state index contributed by atoms with van der Waals surface area (Å²) in [6, 6.07) is 28.7. The maximum atomic E-state index is 6.32. The highest BCUT2D eigenvalue weighted by Crippen LogP contribution is 2.32. The summed E-state index contributed by atoms with van der Waals surface area (Å²) in [4.78, 5) is 4.78. The molecular weight excluding hydrogens is 282 g/mol. The number of ether oxygens (including phenoxy) is 1. The number of benzene rings is 3. The van der Waals surface area contributed by atoms with E-state index in [4.69, 9.17) is 9.73 Å². The Labute approximate surface area is 136 Å². The monoisotopic (exact) mass is 299 g/mol. The maximum absolute atomic E-state index is 6.32. The lowest BCUT2D eigenvalue weighted by Crippen LogP contribution is -2.12. The summed E-state index contributed by atoms with van der Waals surface area (Å²) in [5, 5.41) is 0. The molecule has 0 aliphatic carbocycles. The minimum atomic E-state index is -0.0289. The van der Waals surface area contributed by atoms with Gasteiger partial charge in [0.05, 0.1) is 5.69 Å². The summed E-state index contributed by atoms with van der Waals surface area (Å²) in [5.74, 6) is 0.685. The summed E-state index contributed by atoms with van der Waals surface area (Å²) in [6.07, 6.45) is 0.791. The second kappa shape index (κ2) is 6.09. The second-order valence-corrected chi connectivity index (χ2v) is 5.63. The second-order valence-electron chi connectivity index (χ2n) is 5.63. The Hall–Kier alpha value is -2.87. The Morgan fingerprint density at radius 2 is 1.39 bits per heavy atom. The standard InChI is InChI=1S/C21H17NO/c1-3-9-16(10-4-1)20-15-18-13-7-8-14-19(18)22-21(23-20)17-11-5-2-6-12-17/h1-14,20H,15H2. The minimum absolute atomic E-state index is 0.0289. The van der Waals surface area contributed by atoms with Crippen LogP contribution in [0.1, 0.15) is 22.8 Å². The Balaban J connectivity index is 1.81. The largest absolute Gasteiger partial charge is 0.469 e. The number of hydrogen-bond acceptors (Lipinski definition) is 2. The average molecular weight is 299 g/mol. The van der Waals surface area contributed by atoms with E-state index in [1.807, 2.05) is 42.5 Å². The molecule has 0 aromatic heterocycles. The van der Waals surface area contributed by atoms with E-state index in [2.05, 4.69) is 42.5 Å². The molecule has 2 nitrogen and oxygen atoms in total. The molecule has 0 amide bonds. The first-order valence-corrected chi connectivity index (χ1v) is 7.84. The first kappa shape index (κ1) is 13.8. The Kier molecular flexibility index (Phi) is 3.65. The molecule has 0 fully saturated rings. The van der Waals surface area contributed by atoms with Gasteiger partial charge in [0.1, 0.15) is 6.10 Å². The fourth-order valence-corrected chi connectivity index (χ4v) is 2.87. The zero-order valence-corrected chi connectivity index (χ0v) is 12.7. The van der Waals surface area contributed by atoms with Gasteiger partial charge in [-0.3, -0.25) is 0 Å². The molecule has 112 valence electrons. The lowest BCUT2D eigenvalue weighted by Gasteiger charge is -2.18. The summed E-state index contributed by atoms with van der Waals surface area (Å²) in [6.45, 7) is 0. The zero-order chi connectivity index (χ0) is 15.5. The topological polar surface area (TPSA) is 21.6 Å². The smallest absolute Gasteiger partial charge is 0.221 e. The van der Waals surface area contributed by atoms with E-state index >= 15 is 0 Å². The van der Waals surface area contributed by atoms with Crippen LogP contribution in [0.4, 0.5) is 5.69 Å². The molecule has 1 heterocycles. The highest BCUT2D eigenvalue weighted by atomic mass is 16.5. The van der Waals surface area contributed by atoms with Gasteiger partial charge < -0.3 is 4.74 Å². The van der Waals surface area contributed by atoms with Crippen LogP contribution in [-0.4, -0.2) is 5.90 Å². The molecule has 3 aromatic rings. The van der Waals surface area contributed by atoms with Crippen LogP contribution in [0.3, 0.4) is 0 Å². The van der Waals surface area contributed by atoms with Crippen LogP contribution in [-0.2, 0) is 11.2 Å². The quantitative estimate of drug-likeness (QED) is 0.646. The van der Waals surface area contributed by atoms with Gasteiger partial charge in [-0.15, -0.1) is 0 Å². The summed E-state index contributed by atoms with van der Waals surface area (Å²) >= 11 is 0. The van der Waals surface area contributed by atoms with Crippen LogP contribution in [0.5, 0.6) is 0 Å². The fourth-order valence-electron chi connectivity index (χ4n) is 2.87. The summed E-state index contributed by atoms with van der Waals surface area (Å²) in [7, 11) is 0. The van der Waals surface area contributed by atoms with E-state index in [0.717, 1.165) is 17.7 Å². The minimum Gasteiger partial charge on any atom is -0.469 e. The predicted molar refractivity (Wildman–Crippen MR) is 93.1 cm³/mol. The number of rotatable bonds is 2. The Bertz CT molecular complexity index is 825. The molecule has 0 spiro atoms. The summed E-state index contributed by atoms with van der Waals surface area (Å²) in [5.41, 5.74) is 4.38. The van der Waals surface area contributed by atoms with Crippen LogP contribution < -0.4 is 0 Å². The molecule has 1 aliphatic heterocycles. The van der Waals surface area contributed by atoms with Gasteiger partial charge in [-0.05, 0) is 29.3 Å². The third kappa shape index (κ3) is 2.88. The Morgan fingerprint density at radius 3 is 2.17 bits per heavy atom. The van der Waals surface area contributed by atoms with Crippen molar-refractivity contribution in [2.75, 3.05) is 0 Å². The van der Waals surface area contributed by atoms with Crippen molar-refractivity contribution >= 4 is 11.6 Å². The van der Waals surface area contributed by atoms with Crippen LogP contribution in [0.25, 0.3) is 0 Å². The van der Waals surface area contributed by atoms with Gasteiger partial charge in [-0.1, -0.05) is 66.7 Å². The van der Waals surface area contributed by atoms with Crippen LogP contribution in [0, 0.1) is 0 Å². The van der Waals surface area contributed by atoms with Gasteiger partial charge in [-0.25, -0.2) is 4.99 Å². The van der Waals surface area contributed by atoms with Crippen molar-refractivity contribution in [3.63, 3.8) is 0 Å². The van der Waals surface area contributed by atoms with Crippen molar-refractivity contribution < 1.29 is 4.74 Å². The van der Waals surface area contributed by atoms with Crippen LogP contribution >= 0.6 is 0 Å². The molecule has 0 N–H and O–H groups in total. The first-order valence-electron chi connectivity index (χ1n) is 7.84. The van der Waals surface area contributed by atoms with Crippen molar-refractivity contribution in [1.82, 2.24) is 0 Å². The highest BCUT2D eigenvalue weighted by Gasteiger charge is 2.22. The van der Waals surface area contributed by atoms with Crippen LogP contribution in [0.15, 0.2) is 89.9 Å². The molecule has 3 aromatic carbocycles. The van der Waals surface area contributed by atoms with Gasteiger partial charge in [-0.2, -0.15) is 0 Å². The van der Waals surface area contributed by atoms with E-state index in [9.17, 15) is 0 Å². The van der Waals surface area contributed by atoms with Crippen molar-refractivity contribution in [3.8, 4) is 0 Å². The molecule has 23 heavy (non-hydrogen) atoms. The van der Waals surface area contributed by atoms with E-state index < -0.39 is 0 Å².